The second-order valence-electron chi connectivity index (χ2n) is 11.3. The standard InChI is InChI=1S/C29H39N3O2/c1-21(2)24-5-3-4-6-25(24)26-19-31(18-22-7-8-27-28(15-22)34-20-33-27)13-14-32(26)23-16-29(17-23)9-11-30-12-10-29/h3-8,15,21,23,26,30H,9-14,16-20H2,1-2H3. The highest BCUT2D eigenvalue weighted by molar-refractivity contribution is 5.44. The fourth-order valence-corrected chi connectivity index (χ4v) is 6.89. The highest BCUT2D eigenvalue weighted by atomic mass is 16.7. The minimum absolute atomic E-state index is 0.338. The Balaban J connectivity index is 1.23. The van der Waals surface area contributed by atoms with Gasteiger partial charge in [0.05, 0.1) is 0 Å². The van der Waals surface area contributed by atoms with Gasteiger partial charge in [-0.3, -0.25) is 9.80 Å². The van der Waals surface area contributed by atoms with Crippen molar-refractivity contribution in [1.29, 1.82) is 0 Å². The maximum absolute atomic E-state index is 5.63. The monoisotopic (exact) mass is 461 g/mol. The molecule has 3 aliphatic heterocycles. The van der Waals surface area contributed by atoms with Crippen LogP contribution in [0.15, 0.2) is 42.5 Å². The van der Waals surface area contributed by atoms with Crippen molar-refractivity contribution in [1.82, 2.24) is 15.1 Å². The summed E-state index contributed by atoms with van der Waals surface area (Å²) in [5, 5.41) is 3.56. The lowest BCUT2D eigenvalue weighted by molar-refractivity contribution is -0.0650. The molecule has 0 aromatic heterocycles. The second kappa shape index (κ2) is 9.18. The number of nitrogens with zero attached hydrogens (tertiary/aromatic N) is 2. The molecule has 1 atom stereocenters. The molecule has 182 valence electrons. The van der Waals surface area contributed by atoms with E-state index in [-0.39, 0.29) is 0 Å². The van der Waals surface area contributed by atoms with Crippen molar-refractivity contribution in [2.24, 2.45) is 5.41 Å². The largest absolute Gasteiger partial charge is 0.454 e. The first-order valence-corrected chi connectivity index (χ1v) is 13.3. The Morgan fingerprint density at radius 3 is 2.62 bits per heavy atom. The fraction of sp³-hybridized carbons (Fsp3) is 0.586. The van der Waals surface area contributed by atoms with Crippen molar-refractivity contribution >= 4 is 0 Å². The van der Waals surface area contributed by atoms with Gasteiger partial charge < -0.3 is 14.8 Å². The van der Waals surface area contributed by atoms with Crippen LogP contribution in [-0.4, -0.2) is 55.4 Å². The van der Waals surface area contributed by atoms with Gasteiger partial charge in [0, 0.05) is 38.3 Å². The van der Waals surface area contributed by atoms with Gasteiger partial charge in [-0.25, -0.2) is 0 Å². The van der Waals surface area contributed by atoms with Crippen LogP contribution in [0.4, 0.5) is 0 Å². The maximum Gasteiger partial charge on any atom is 0.231 e. The third kappa shape index (κ3) is 4.23. The zero-order valence-corrected chi connectivity index (χ0v) is 20.8. The average Bonchev–Trinajstić information content (AvgIpc) is 3.31. The number of rotatable bonds is 5. The first-order valence-electron chi connectivity index (χ1n) is 13.3. The van der Waals surface area contributed by atoms with Crippen molar-refractivity contribution in [3.63, 3.8) is 0 Å². The molecule has 1 unspecified atom stereocenters. The lowest BCUT2D eigenvalue weighted by atomic mass is 9.60. The van der Waals surface area contributed by atoms with E-state index in [0.717, 1.165) is 43.7 Å². The Morgan fingerprint density at radius 1 is 1.00 bits per heavy atom. The number of hydrogen-bond donors (Lipinski definition) is 1. The summed E-state index contributed by atoms with van der Waals surface area (Å²) in [6.07, 6.45) is 5.50. The van der Waals surface area contributed by atoms with Crippen LogP contribution in [0.5, 0.6) is 11.5 Å². The predicted octanol–water partition coefficient (Wildman–Crippen LogP) is 4.93. The molecule has 0 bridgehead atoms. The molecule has 3 fully saturated rings. The van der Waals surface area contributed by atoms with Gasteiger partial charge in [0.15, 0.2) is 11.5 Å². The summed E-state index contributed by atoms with van der Waals surface area (Å²) in [5.74, 6) is 2.30. The molecule has 1 aliphatic carbocycles. The molecule has 2 saturated heterocycles. The molecular formula is C29H39N3O2. The van der Waals surface area contributed by atoms with Gasteiger partial charge in [0.1, 0.15) is 0 Å². The number of nitrogens with one attached hydrogen (secondary N) is 1. The van der Waals surface area contributed by atoms with E-state index in [1.807, 2.05) is 0 Å². The molecule has 6 rings (SSSR count). The number of ether oxygens (including phenoxy) is 2. The molecule has 1 saturated carbocycles. The minimum Gasteiger partial charge on any atom is -0.454 e. The lowest BCUT2D eigenvalue weighted by Gasteiger charge is -2.57. The Hall–Kier alpha value is -2.08. The first kappa shape index (κ1) is 22.4. The summed E-state index contributed by atoms with van der Waals surface area (Å²) in [6, 6.07) is 16.8. The molecule has 2 aromatic carbocycles. The Bertz CT molecular complexity index is 1010. The molecule has 34 heavy (non-hydrogen) atoms. The van der Waals surface area contributed by atoms with Crippen LogP contribution in [0.3, 0.4) is 0 Å². The second-order valence-corrected chi connectivity index (χ2v) is 11.3. The summed E-state index contributed by atoms with van der Waals surface area (Å²) in [5.41, 5.74) is 4.98. The molecule has 5 nitrogen and oxygen atoms in total. The van der Waals surface area contributed by atoms with E-state index in [2.05, 4.69) is 71.4 Å². The molecule has 2 aromatic rings. The van der Waals surface area contributed by atoms with E-state index in [9.17, 15) is 0 Å². The Kier molecular flexibility index (Phi) is 6.04. The quantitative estimate of drug-likeness (QED) is 0.683. The molecule has 1 N–H and O–H groups in total. The van der Waals surface area contributed by atoms with E-state index in [1.165, 1.54) is 49.9 Å². The summed E-state index contributed by atoms with van der Waals surface area (Å²) in [6.45, 7) is 11.7. The number of fused-ring (bicyclic) bond motifs is 1. The van der Waals surface area contributed by atoms with Crippen molar-refractivity contribution in [2.45, 2.75) is 64.1 Å². The topological polar surface area (TPSA) is 37.0 Å². The van der Waals surface area contributed by atoms with Crippen LogP contribution in [-0.2, 0) is 6.54 Å². The van der Waals surface area contributed by atoms with E-state index in [4.69, 9.17) is 9.47 Å². The number of benzene rings is 2. The summed E-state index contributed by atoms with van der Waals surface area (Å²) >= 11 is 0. The highest BCUT2D eigenvalue weighted by Crippen LogP contribution is 2.52. The maximum atomic E-state index is 5.63. The van der Waals surface area contributed by atoms with Crippen molar-refractivity contribution in [3.05, 3.63) is 59.2 Å². The van der Waals surface area contributed by atoms with Crippen LogP contribution in [0.25, 0.3) is 0 Å². The molecule has 0 radical (unpaired) electrons. The zero-order chi connectivity index (χ0) is 23.1. The minimum atomic E-state index is 0.338. The number of piperidine rings is 1. The van der Waals surface area contributed by atoms with Gasteiger partial charge in [-0.1, -0.05) is 44.2 Å². The van der Waals surface area contributed by atoms with Crippen LogP contribution in [0.1, 0.15) is 68.2 Å². The van der Waals surface area contributed by atoms with Crippen LogP contribution >= 0.6 is 0 Å². The normalized spacial score (nSPS) is 25.1. The van der Waals surface area contributed by atoms with E-state index in [1.54, 1.807) is 5.56 Å². The van der Waals surface area contributed by atoms with Gasteiger partial charge in [0.2, 0.25) is 6.79 Å². The molecule has 4 aliphatic rings. The summed E-state index contributed by atoms with van der Waals surface area (Å²) in [4.78, 5) is 5.53. The zero-order valence-electron chi connectivity index (χ0n) is 20.8. The predicted molar refractivity (Wildman–Crippen MR) is 135 cm³/mol. The summed E-state index contributed by atoms with van der Waals surface area (Å²) in [7, 11) is 0. The highest BCUT2D eigenvalue weighted by Gasteiger charge is 2.49. The van der Waals surface area contributed by atoms with Gasteiger partial charge in [-0.15, -0.1) is 0 Å². The smallest absolute Gasteiger partial charge is 0.231 e. The van der Waals surface area contributed by atoms with Crippen molar-refractivity contribution < 1.29 is 9.47 Å². The molecule has 1 spiro atoms. The molecule has 0 amide bonds. The third-order valence-corrected chi connectivity index (χ3v) is 8.80. The SMILES string of the molecule is CC(C)c1ccccc1C1CN(Cc2ccc3c(c2)OCO3)CCN1C1CC2(CCNCC2)C1. The fourth-order valence-electron chi connectivity index (χ4n) is 6.89. The van der Waals surface area contributed by atoms with Crippen LogP contribution < -0.4 is 14.8 Å². The number of piperazine rings is 1. The van der Waals surface area contributed by atoms with Gasteiger partial charge in [-0.2, -0.15) is 0 Å². The summed E-state index contributed by atoms with van der Waals surface area (Å²) < 4.78 is 11.1. The Morgan fingerprint density at radius 2 is 1.79 bits per heavy atom. The average molecular weight is 462 g/mol. The Labute approximate surface area is 204 Å². The first-order chi connectivity index (χ1) is 16.6. The number of hydrogen-bond acceptors (Lipinski definition) is 5. The molecule has 5 heteroatoms. The van der Waals surface area contributed by atoms with Gasteiger partial charge >= 0.3 is 0 Å². The molecule has 3 heterocycles. The lowest BCUT2D eigenvalue weighted by Crippen LogP contribution is -2.59. The van der Waals surface area contributed by atoms with Crippen LogP contribution in [0.2, 0.25) is 0 Å². The van der Waals surface area contributed by atoms with Gasteiger partial charge in [-0.05, 0) is 78.9 Å². The van der Waals surface area contributed by atoms with E-state index in [0.29, 0.717) is 24.2 Å². The third-order valence-electron chi connectivity index (χ3n) is 8.80. The molecular weight excluding hydrogens is 422 g/mol. The van der Waals surface area contributed by atoms with Crippen molar-refractivity contribution in [2.75, 3.05) is 39.5 Å². The van der Waals surface area contributed by atoms with E-state index < -0.39 is 0 Å². The van der Waals surface area contributed by atoms with E-state index >= 15 is 0 Å². The van der Waals surface area contributed by atoms with Crippen molar-refractivity contribution in [3.8, 4) is 11.5 Å². The van der Waals surface area contributed by atoms with Gasteiger partial charge in [0.25, 0.3) is 0 Å². The van der Waals surface area contributed by atoms with Crippen LogP contribution in [0, 0.1) is 5.41 Å².